The Balaban J connectivity index is 2.91. The molecule has 2 rings (SSSR count). The van der Waals surface area contributed by atoms with Gasteiger partial charge in [-0.05, 0) is 12.5 Å². The van der Waals surface area contributed by atoms with E-state index >= 15 is 0 Å². The van der Waals surface area contributed by atoms with E-state index in [2.05, 4.69) is 10.2 Å². The lowest BCUT2D eigenvalue weighted by atomic mass is 10.1. The number of nitrogens with zero attached hydrogens (tertiary/aromatic N) is 1. The van der Waals surface area contributed by atoms with Gasteiger partial charge < -0.3 is 0 Å². The van der Waals surface area contributed by atoms with Crippen LogP contribution < -0.4 is 5.56 Å². The molecule has 0 saturated carbocycles. The van der Waals surface area contributed by atoms with Crippen molar-refractivity contribution >= 4 is 9.84 Å². The van der Waals surface area contributed by atoms with E-state index in [4.69, 9.17) is 0 Å². The van der Waals surface area contributed by atoms with Gasteiger partial charge in [0.2, 0.25) is 0 Å². The fourth-order valence-corrected chi connectivity index (χ4v) is 2.84. The summed E-state index contributed by atoms with van der Waals surface area (Å²) in [7, 11) is -3.62. The van der Waals surface area contributed by atoms with Crippen LogP contribution in [0.15, 0.2) is 40.0 Å². The summed E-state index contributed by atoms with van der Waals surface area (Å²) in [6.45, 7) is 1.66. The van der Waals surface area contributed by atoms with E-state index in [0.29, 0.717) is 16.8 Å². The Morgan fingerprint density at radius 1 is 1.17 bits per heavy atom. The molecule has 18 heavy (non-hydrogen) atoms. The van der Waals surface area contributed by atoms with Crippen LogP contribution in [-0.2, 0) is 9.84 Å². The van der Waals surface area contributed by atoms with Crippen LogP contribution >= 0.6 is 0 Å². The molecule has 1 aromatic heterocycles. The second-order valence-corrected chi connectivity index (χ2v) is 5.93. The topological polar surface area (TPSA) is 79.9 Å². The Kier molecular flexibility index (Phi) is 3.04. The van der Waals surface area contributed by atoms with E-state index in [-0.39, 0.29) is 4.90 Å². The van der Waals surface area contributed by atoms with Gasteiger partial charge in [0.25, 0.3) is 5.56 Å². The largest absolute Gasteiger partial charge is 0.283 e. The average Bonchev–Trinajstić information content (AvgIpc) is 2.31. The van der Waals surface area contributed by atoms with Gasteiger partial charge in [-0.1, -0.05) is 30.3 Å². The zero-order valence-electron chi connectivity index (χ0n) is 9.97. The molecule has 5 nitrogen and oxygen atoms in total. The molecule has 0 bridgehead atoms. The summed E-state index contributed by atoms with van der Waals surface area (Å²) in [6, 6.07) is 8.87. The number of aryl methyl sites for hydroxylation is 1. The van der Waals surface area contributed by atoms with Crippen molar-refractivity contribution in [2.75, 3.05) is 6.26 Å². The third kappa shape index (κ3) is 2.19. The SMILES string of the molecule is Cc1n[nH]c(=O)c(S(C)(=O)=O)c1-c1ccccc1. The smallest absolute Gasteiger partial charge is 0.267 e. The molecule has 0 amide bonds. The summed E-state index contributed by atoms with van der Waals surface area (Å²) < 4.78 is 23.5. The van der Waals surface area contributed by atoms with E-state index in [9.17, 15) is 13.2 Å². The van der Waals surface area contributed by atoms with Crippen LogP contribution in [0.25, 0.3) is 11.1 Å². The number of rotatable bonds is 2. The lowest BCUT2D eigenvalue weighted by Crippen LogP contribution is -2.20. The molecule has 0 spiro atoms. The molecule has 2 aromatic rings. The first kappa shape index (κ1) is 12.5. The van der Waals surface area contributed by atoms with Crippen molar-refractivity contribution in [1.29, 1.82) is 0 Å². The highest BCUT2D eigenvalue weighted by Crippen LogP contribution is 2.26. The second kappa shape index (κ2) is 4.38. The molecule has 0 radical (unpaired) electrons. The lowest BCUT2D eigenvalue weighted by molar-refractivity contribution is 0.600. The Morgan fingerprint density at radius 2 is 1.78 bits per heavy atom. The third-order valence-electron chi connectivity index (χ3n) is 2.55. The van der Waals surface area contributed by atoms with Crippen molar-refractivity contribution in [2.24, 2.45) is 0 Å². The van der Waals surface area contributed by atoms with Crippen LogP contribution in [0.4, 0.5) is 0 Å². The van der Waals surface area contributed by atoms with Crippen molar-refractivity contribution in [3.05, 3.63) is 46.4 Å². The van der Waals surface area contributed by atoms with Crippen molar-refractivity contribution < 1.29 is 8.42 Å². The molecule has 0 fully saturated rings. The Labute approximate surface area is 104 Å². The zero-order valence-corrected chi connectivity index (χ0v) is 10.8. The van der Waals surface area contributed by atoms with Crippen molar-refractivity contribution in [2.45, 2.75) is 11.8 Å². The second-order valence-electron chi connectivity index (χ2n) is 3.98. The van der Waals surface area contributed by atoms with E-state index in [0.717, 1.165) is 6.26 Å². The number of hydrogen-bond donors (Lipinski definition) is 1. The molecule has 0 atom stereocenters. The maximum absolute atomic E-state index is 11.8. The minimum atomic E-state index is -3.62. The highest BCUT2D eigenvalue weighted by molar-refractivity contribution is 7.90. The summed E-state index contributed by atoms with van der Waals surface area (Å²) >= 11 is 0. The lowest BCUT2D eigenvalue weighted by Gasteiger charge is -2.09. The minimum Gasteiger partial charge on any atom is -0.267 e. The molecular weight excluding hydrogens is 252 g/mol. The Morgan fingerprint density at radius 3 is 2.33 bits per heavy atom. The Bertz CT molecular complexity index is 734. The number of benzene rings is 1. The Hall–Kier alpha value is -1.95. The minimum absolute atomic E-state index is 0.235. The van der Waals surface area contributed by atoms with Crippen LogP contribution in [0.2, 0.25) is 0 Å². The first-order valence-corrected chi connectivity index (χ1v) is 7.15. The molecule has 0 aliphatic rings. The van der Waals surface area contributed by atoms with Gasteiger partial charge in [-0.3, -0.25) is 4.79 Å². The normalized spacial score (nSPS) is 11.4. The molecule has 1 heterocycles. The maximum atomic E-state index is 11.8. The summed E-state index contributed by atoms with van der Waals surface area (Å²) in [5, 5.41) is 6.03. The number of H-pyrrole nitrogens is 1. The van der Waals surface area contributed by atoms with Crippen molar-refractivity contribution in [1.82, 2.24) is 10.2 Å². The van der Waals surface area contributed by atoms with Crippen LogP contribution in [0.5, 0.6) is 0 Å². The number of nitrogens with one attached hydrogen (secondary N) is 1. The monoisotopic (exact) mass is 264 g/mol. The maximum Gasteiger partial charge on any atom is 0.283 e. The number of hydrogen-bond acceptors (Lipinski definition) is 4. The molecule has 0 aliphatic heterocycles. The van der Waals surface area contributed by atoms with Gasteiger partial charge in [0.1, 0.15) is 4.90 Å². The molecule has 6 heteroatoms. The first-order valence-electron chi connectivity index (χ1n) is 5.26. The summed E-state index contributed by atoms with van der Waals surface area (Å²) in [4.78, 5) is 11.5. The van der Waals surface area contributed by atoms with Gasteiger partial charge in [-0.25, -0.2) is 13.5 Å². The van der Waals surface area contributed by atoms with E-state index in [1.54, 1.807) is 31.2 Å². The highest BCUT2D eigenvalue weighted by Gasteiger charge is 2.21. The standard InChI is InChI=1S/C12H12N2O3S/c1-8-10(9-6-4-3-5-7-9)11(18(2,16)17)12(15)14-13-8/h3-7H,1-2H3,(H,14,15). The van der Waals surface area contributed by atoms with Crippen LogP contribution in [0.3, 0.4) is 0 Å². The third-order valence-corrected chi connectivity index (χ3v) is 3.68. The molecular formula is C12H12N2O3S. The van der Waals surface area contributed by atoms with Gasteiger partial charge in [-0.2, -0.15) is 5.10 Å². The zero-order chi connectivity index (χ0) is 13.3. The van der Waals surface area contributed by atoms with Gasteiger partial charge in [0.05, 0.1) is 5.69 Å². The summed E-state index contributed by atoms with van der Waals surface area (Å²) in [5.74, 6) is 0. The molecule has 1 aromatic carbocycles. The van der Waals surface area contributed by atoms with Gasteiger partial charge in [0.15, 0.2) is 9.84 Å². The molecule has 94 valence electrons. The van der Waals surface area contributed by atoms with Crippen LogP contribution in [-0.4, -0.2) is 24.9 Å². The number of aromatic nitrogens is 2. The molecule has 0 unspecified atom stereocenters. The quantitative estimate of drug-likeness (QED) is 0.882. The van der Waals surface area contributed by atoms with E-state index in [1.807, 2.05) is 6.07 Å². The fourth-order valence-electron chi connectivity index (χ4n) is 1.82. The van der Waals surface area contributed by atoms with Crippen molar-refractivity contribution in [3.63, 3.8) is 0 Å². The summed E-state index contributed by atoms with van der Waals surface area (Å²) in [6.07, 6.45) is 1.02. The first-order chi connectivity index (χ1) is 8.41. The van der Waals surface area contributed by atoms with E-state index in [1.165, 1.54) is 0 Å². The van der Waals surface area contributed by atoms with Crippen LogP contribution in [0.1, 0.15) is 5.69 Å². The van der Waals surface area contributed by atoms with Gasteiger partial charge in [0, 0.05) is 11.8 Å². The van der Waals surface area contributed by atoms with Gasteiger partial charge >= 0.3 is 0 Å². The van der Waals surface area contributed by atoms with Gasteiger partial charge in [-0.15, -0.1) is 0 Å². The molecule has 1 N–H and O–H groups in total. The summed E-state index contributed by atoms with van der Waals surface area (Å²) in [5.41, 5.74) is 0.805. The predicted octanol–water partition coefficient (Wildman–Crippen LogP) is 1.15. The number of aromatic amines is 1. The molecule has 0 saturated heterocycles. The fraction of sp³-hybridized carbons (Fsp3) is 0.167. The van der Waals surface area contributed by atoms with Crippen LogP contribution in [0, 0.1) is 6.92 Å². The predicted molar refractivity (Wildman–Crippen MR) is 68.1 cm³/mol. The highest BCUT2D eigenvalue weighted by atomic mass is 32.2. The number of sulfone groups is 1. The van der Waals surface area contributed by atoms with E-state index < -0.39 is 15.4 Å². The molecule has 0 aliphatic carbocycles. The average molecular weight is 264 g/mol. The van der Waals surface area contributed by atoms with Crippen molar-refractivity contribution in [3.8, 4) is 11.1 Å².